The van der Waals surface area contributed by atoms with Crippen molar-refractivity contribution in [3.63, 3.8) is 0 Å². The number of piperazine rings is 1. The summed E-state index contributed by atoms with van der Waals surface area (Å²) in [6, 6.07) is 7.95. The predicted molar refractivity (Wildman–Crippen MR) is 91.2 cm³/mol. The van der Waals surface area contributed by atoms with Crippen LogP contribution < -0.4 is 4.72 Å². The largest absolute Gasteiger partial charge is 0.335 e. The highest BCUT2D eigenvalue weighted by Gasteiger charge is 2.26. The second kappa shape index (κ2) is 7.45. The van der Waals surface area contributed by atoms with Crippen molar-refractivity contribution in [2.75, 3.05) is 30.9 Å². The van der Waals surface area contributed by atoms with Crippen molar-refractivity contribution < 1.29 is 18.4 Å². The number of aromatic amines is 1. The Morgan fingerprint density at radius 3 is 2.16 bits per heavy atom. The molecule has 132 valence electrons. The van der Waals surface area contributed by atoms with Crippen LogP contribution in [0.25, 0.3) is 0 Å². The van der Waals surface area contributed by atoms with Gasteiger partial charge in [0.15, 0.2) is 0 Å². The summed E-state index contributed by atoms with van der Waals surface area (Å²) in [4.78, 5) is 28.1. The summed E-state index contributed by atoms with van der Waals surface area (Å²) in [7, 11) is 0. The third kappa shape index (κ3) is 4.03. The Hall–Kier alpha value is -2.72. The fourth-order valence-corrected chi connectivity index (χ4v) is 2.96. The maximum Gasteiger partial charge on any atom is 0.271 e. The van der Waals surface area contributed by atoms with Gasteiger partial charge < -0.3 is 9.80 Å². The molecule has 2 amide bonds. The van der Waals surface area contributed by atoms with Gasteiger partial charge in [0.1, 0.15) is 5.69 Å². The maximum atomic E-state index is 12.5. The fourth-order valence-electron chi connectivity index (χ4n) is 2.62. The second-order valence-electron chi connectivity index (χ2n) is 5.48. The molecule has 2 aromatic rings. The summed E-state index contributed by atoms with van der Waals surface area (Å²) in [5.74, 6) is -0.262. The molecule has 1 aromatic carbocycles. The molecule has 1 atom stereocenters. The molecule has 9 nitrogen and oxygen atoms in total. The first kappa shape index (κ1) is 17.1. The molecule has 1 fully saturated rings. The Morgan fingerprint density at radius 2 is 1.64 bits per heavy atom. The van der Waals surface area contributed by atoms with Gasteiger partial charge in [0.25, 0.3) is 23.1 Å². The van der Waals surface area contributed by atoms with Crippen molar-refractivity contribution in [3.05, 3.63) is 47.8 Å². The van der Waals surface area contributed by atoms with Gasteiger partial charge in [0.05, 0.1) is 0 Å². The zero-order valence-electron chi connectivity index (χ0n) is 13.2. The van der Waals surface area contributed by atoms with Crippen molar-refractivity contribution >= 4 is 28.8 Å². The van der Waals surface area contributed by atoms with Crippen LogP contribution in [-0.4, -0.2) is 66.8 Å². The number of aromatic nitrogens is 2. The highest BCUT2D eigenvalue weighted by atomic mass is 32.2. The number of anilines is 1. The molecule has 0 aliphatic carbocycles. The molecule has 1 aliphatic heterocycles. The van der Waals surface area contributed by atoms with Crippen LogP contribution in [0.4, 0.5) is 5.69 Å². The lowest BCUT2D eigenvalue weighted by atomic mass is 10.1. The van der Waals surface area contributed by atoms with Crippen LogP contribution >= 0.6 is 0 Å². The van der Waals surface area contributed by atoms with Crippen molar-refractivity contribution in [2.45, 2.75) is 0 Å². The number of benzene rings is 1. The number of nitrogens with zero attached hydrogens (tertiary/aromatic N) is 3. The lowest BCUT2D eigenvalue weighted by Crippen LogP contribution is -2.50. The van der Waals surface area contributed by atoms with E-state index in [4.69, 9.17) is 4.55 Å². The summed E-state index contributed by atoms with van der Waals surface area (Å²) >= 11 is -2.15. The Kier molecular flexibility index (Phi) is 5.10. The minimum absolute atomic E-state index is 0.128. The van der Waals surface area contributed by atoms with Gasteiger partial charge in [-0.1, -0.05) is 0 Å². The number of hydrogen-bond donors (Lipinski definition) is 3. The Balaban J connectivity index is 1.58. The fraction of sp³-hybridized carbons (Fsp3) is 0.267. The van der Waals surface area contributed by atoms with E-state index in [0.717, 1.165) is 0 Å². The first-order valence-corrected chi connectivity index (χ1v) is 8.71. The zero-order chi connectivity index (χ0) is 17.8. The molecular formula is C15H17N5O4S. The number of carbonyl (C=O) groups is 2. The van der Waals surface area contributed by atoms with E-state index < -0.39 is 11.3 Å². The molecule has 1 saturated heterocycles. The van der Waals surface area contributed by atoms with Gasteiger partial charge in [-0.15, -0.1) is 0 Å². The van der Waals surface area contributed by atoms with Crippen LogP contribution in [0.3, 0.4) is 0 Å². The molecule has 1 aromatic heterocycles. The summed E-state index contributed by atoms with van der Waals surface area (Å²) in [6.45, 7) is 1.79. The summed E-state index contributed by atoms with van der Waals surface area (Å²) < 4.78 is 21.8. The van der Waals surface area contributed by atoms with Gasteiger partial charge in [0.2, 0.25) is 0 Å². The van der Waals surface area contributed by atoms with Gasteiger partial charge in [-0.3, -0.25) is 24.0 Å². The highest BCUT2D eigenvalue weighted by molar-refractivity contribution is 7.80. The SMILES string of the molecule is O=C(c1ccc(NS(=O)O)cc1)N1CCN(C(=O)c2ccn[nH]2)CC1. The van der Waals surface area contributed by atoms with E-state index in [9.17, 15) is 13.8 Å². The van der Waals surface area contributed by atoms with Crippen molar-refractivity contribution in [3.8, 4) is 0 Å². The van der Waals surface area contributed by atoms with E-state index >= 15 is 0 Å². The van der Waals surface area contributed by atoms with E-state index in [1.807, 2.05) is 0 Å². The quantitative estimate of drug-likeness (QED) is 0.686. The number of H-pyrrole nitrogens is 1. The monoisotopic (exact) mass is 363 g/mol. The van der Waals surface area contributed by atoms with Crippen LogP contribution in [0, 0.1) is 0 Å². The molecule has 0 radical (unpaired) electrons. The first-order chi connectivity index (χ1) is 12.0. The Morgan fingerprint density at radius 1 is 1.04 bits per heavy atom. The van der Waals surface area contributed by atoms with Crippen molar-refractivity contribution in [2.24, 2.45) is 0 Å². The number of carbonyl (C=O) groups excluding carboxylic acids is 2. The molecule has 10 heteroatoms. The van der Waals surface area contributed by atoms with Crippen LogP contribution in [0.1, 0.15) is 20.8 Å². The normalized spacial score (nSPS) is 15.7. The van der Waals surface area contributed by atoms with E-state index in [-0.39, 0.29) is 11.8 Å². The van der Waals surface area contributed by atoms with Gasteiger partial charge in [-0.2, -0.15) is 5.10 Å². The smallest absolute Gasteiger partial charge is 0.271 e. The van der Waals surface area contributed by atoms with Gasteiger partial charge in [-0.05, 0) is 30.3 Å². The minimum Gasteiger partial charge on any atom is -0.335 e. The average Bonchev–Trinajstić information content (AvgIpc) is 3.15. The summed E-state index contributed by atoms with van der Waals surface area (Å²) in [5, 5.41) is 6.41. The third-order valence-electron chi connectivity index (χ3n) is 3.92. The predicted octanol–water partition coefficient (Wildman–Crippen LogP) is 0.556. The third-order valence-corrected chi connectivity index (χ3v) is 4.33. The Labute approximate surface area is 146 Å². The van der Waals surface area contributed by atoms with E-state index in [2.05, 4.69) is 14.9 Å². The van der Waals surface area contributed by atoms with Gasteiger partial charge in [0, 0.05) is 43.6 Å². The molecule has 3 N–H and O–H groups in total. The summed E-state index contributed by atoms with van der Waals surface area (Å²) in [5.41, 5.74) is 1.37. The van der Waals surface area contributed by atoms with Crippen LogP contribution in [0.2, 0.25) is 0 Å². The summed E-state index contributed by atoms with van der Waals surface area (Å²) in [6.07, 6.45) is 1.53. The second-order valence-corrected chi connectivity index (χ2v) is 6.19. The zero-order valence-corrected chi connectivity index (χ0v) is 14.0. The molecule has 25 heavy (non-hydrogen) atoms. The Bertz CT molecular complexity index is 770. The maximum absolute atomic E-state index is 12.5. The molecule has 0 saturated carbocycles. The van der Waals surface area contributed by atoms with E-state index in [1.165, 1.54) is 6.20 Å². The van der Waals surface area contributed by atoms with Crippen LogP contribution in [0.15, 0.2) is 36.5 Å². The standard InChI is InChI=1S/C15H17N5O4S/c21-14(11-1-3-12(4-2-11)18-25(23)24)19-7-9-20(10-8-19)15(22)13-5-6-16-17-13/h1-6,18H,7-10H2,(H,16,17)(H,23,24). The molecule has 3 rings (SSSR count). The van der Waals surface area contributed by atoms with Crippen LogP contribution in [0.5, 0.6) is 0 Å². The molecule has 1 unspecified atom stereocenters. The lowest BCUT2D eigenvalue weighted by Gasteiger charge is -2.34. The number of rotatable bonds is 4. The van der Waals surface area contributed by atoms with E-state index in [0.29, 0.717) is 43.1 Å². The van der Waals surface area contributed by atoms with Gasteiger partial charge in [-0.25, -0.2) is 4.21 Å². The highest BCUT2D eigenvalue weighted by Crippen LogP contribution is 2.14. The molecule has 1 aliphatic rings. The first-order valence-electron chi connectivity index (χ1n) is 7.60. The number of hydrogen-bond acceptors (Lipinski definition) is 4. The minimum atomic E-state index is -2.15. The lowest BCUT2D eigenvalue weighted by molar-refractivity contribution is 0.0532. The van der Waals surface area contributed by atoms with Crippen molar-refractivity contribution in [1.82, 2.24) is 20.0 Å². The topological polar surface area (TPSA) is 119 Å². The van der Waals surface area contributed by atoms with Crippen LogP contribution in [-0.2, 0) is 11.3 Å². The van der Waals surface area contributed by atoms with E-state index in [1.54, 1.807) is 40.1 Å². The molecule has 2 heterocycles. The van der Waals surface area contributed by atoms with Gasteiger partial charge >= 0.3 is 0 Å². The molecular weight excluding hydrogens is 346 g/mol. The average molecular weight is 363 g/mol. The molecule has 0 bridgehead atoms. The molecule has 0 spiro atoms. The number of nitrogens with one attached hydrogen (secondary N) is 2. The van der Waals surface area contributed by atoms with Crippen molar-refractivity contribution in [1.29, 1.82) is 0 Å². The number of amides is 2.